The number of nitrogens with one attached hydrogen (secondary N) is 1. The van der Waals surface area contributed by atoms with E-state index in [0.29, 0.717) is 11.8 Å². The first-order valence-corrected chi connectivity index (χ1v) is 8.55. The van der Waals surface area contributed by atoms with Crippen molar-refractivity contribution in [3.05, 3.63) is 29.8 Å². The zero-order chi connectivity index (χ0) is 15.1. The van der Waals surface area contributed by atoms with E-state index in [2.05, 4.69) is 31.3 Å². The highest BCUT2D eigenvalue weighted by molar-refractivity contribution is 8.13. The SMILES string of the molecule is CC[C@H](C)c1cccc(SC(=O)NC(C)C(Cl)CCl)c1. The molecule has 0 saturated carbocycles. The van der Waals surface area contributed by atoms with E-state index in [0.717, 1.165) is 11.3 Å². The normalized spacial score (nSPS) is 15.4. The lowest BCUT2D eigenvalue weighted by Crippen LogP contribution is -2.37. The van der Waals surface area contributed by atoms with Crippen LogP contribution in [0.1, 0.15) is 38.7 Å². The van der Waals surface area contributed by atoms with Gasteiger partial charge in [0.1, 0.15) is 0 Å². The van der Waals surface area contributed by atoms with Gasteiger partial charge in [0.05, 0.1) is 5.38 Å². The Bertz CT molecular complexity index is 442. The Morgan fingerprint density at radius 2 is 2.10 bits per heavy atom. The number of hydrogen-bond donors (Lipinski definition) is 1. The molecule has 0 aliphatic rings. The van der Waals surface area contributed by atoms with E-state index in [1.807, 2.05) is 19.1 Å². The minimum Gasteiger partial charge on any atom is -0.343 e. The van der Waals surface area contributed by atoms with E-state index in [1.54, 1.807) is 0 Å². The van der Waals surface area contributed by atoms with Crippen molar-refractivity contribution in [2.24, 2.45) is 0 Å². The third-order valence-electron chi connectivity index (χ3n) is 3.29. The monoisotopic (exact) mass is 333 g/mol. The molecule has 2 unspecified atom stereocenters. The van der Waals surface area contributed by atoms with Crippen LogP contribution >= 0.6 is 35.0 Å². The number of benzene rings is 1. The van der Waals surface area contributed by atoms with Crippen LogP contribution in [0.4, 0.5) is 4.79 Å². The Morgan fingerprint density at radius 3 is 2.70 bits per heavy atom. The summed E-state index contributed by atoms with van der Waals surface area (Å²) in [5.74, 6) is 0.818. The number of rotatable bonds is 6. The molecule has 0 heterocycles. The lowest BCUT2D eigenvalue weighted by Gasteiger charge is -2.17. The van der Waals surface area contributed by atoms with Crippen molar-refractivity contribution in [3.8, 4) is 0 Å². The number of carbonyl (C=O) groups is 1. The fourth-order valence-corrected chi connectivity index (χ4v) is 2.80. The molecule has 0 aliphatic heterocycles. The Balaban J connectivity index is 2.62. The molecule has 20 heavy (non-hydrogen) atoms. The first-order valence-electron chi connectivity index (χ1n) is 6.76. The van der Waals surface area contributed by atoms with Gasteiger partial charge in [0.25, 0.3) is 5.24 Å². The van der Waals surface area contributed by atoms with Crippen LogP contribution in [-0.4, -0.2) is 22.5 Å². The van der Waals surface area contributed by atoms with Gasteiger partial charge in [0.15, 0.2) is 0 Å². The van der Waals surface area contributed by atoms with Gasteiger partial charge in [-0.05, 0) is 48.7 Å². The molecule has 0 fully saturated rings. The third kappa shape index (κ3) is 5.55. The van der Waals surface area contributed by atoms with Gasteiger partial charge in [-0.2, -0.15) is 0 Å². The maximum Gasteiger partial charge on any atom is 0.284 e. The van der Waals surface area contributed by atoms with Crippen LogP contribution in [0.25, 0.3) is 0 Å². The van der Waals surface area contributed by atoms with E-state index in [9.17, 15) is 4.79 Å². The van der Waals surface area contributed by atoms with Gasteiger partial charge in [-0.1, -0.05) is 26.0 Å². The van der Waals surface area contributed by atoms with Crippen LogP contribution in [0, 0.1) is 0 Å². The second-order valence-corrected chi connectivity index (χ2v) is 6.79. The summed E-state index contributed by atoms with van der Waals surface area (Å²) in [6.07, 6.45) is 1.08. The molecule has 1 aromatic rings. The Labute approximate surface area is 135 Å². The molecule has 3 atom stereocenters. The quantitative estimate of drug-likeness (QED) is 0.570. The summed E-state index contributed by atoms with van der Waals surface area (Å²) in [6.45, 7) is 6.20. The van der Waals surface area contributed by atoms with Gasteiger partial charge in [-0.3, -0.25) is 4.79 Å². The lowest BCUT2D eigenvalue weighted by atomic mass is 9.99. The van der Waals surface area contributed by atoms with Gasteiger partial charge in [0, 0.05) is 16.8 Å². The number of alkyl halides is 2. The number of hydrogen-bond acceptors (Lipinski definition) is 2. The molecular weight excluding hydrogens is 313 g/mol. The van der Waals surface area contributed by atoms with Crippen molar-refractivity contribution >= 4 is 40.2 Å². The standard InChI is InChI=1S/C15H21Cl2NOS/c1-4-10(2)12-6-5-7-13(8-12)20-15(19)18-11(3)14(17)9-16/h5-8,10-11,14H,4,9H2,1-3H3,(H,18,19)/t10-,11?,14?/m0/s1. The summed E-state index contributed by atoms with van der Waals surface area (Å²) in [5, 5.41) is 2.49. The summed E-state index contributed by atoms with van der Waals surface area (Å²) in [6, 6.07) is 7.96. The van der Waals surface area contributed by atoms with E-state index in [4.69, 9.17) is 23.2 Å². The first-order chi connectivity index (χ1) is 9.47. The van der Waals surface area contributed by atoms with Crippen molar-refractivity contribution in [2.75, 3.05) is 5.88 Å². The zero-order valence-corrected chi connectivity index (χ0v) is 14.4. The zero-order valence-electron chi connectivity index (χ0n) is 12.0. The molecule has 112 valence electrons. The Hall–Kier alpha value is -0.380. The molecule has 0 aliphatic carbocycles. The molecule has 2 nitrogen and oxygen atoms in total. The predicted octanol–water partition coefficient (Wildman–Crippen LogP) is 5.24. The summed E-state index contributed by atoms with van der Waals surface area (Å²) in [5.41, 5.74) is 1.26. The number of carbonyl (C=O) groups excluding carboxylic acids is 1. The van der Waals surface area contributed by atoms with Crippen LogP contribution in [0.5, 0.6) is 0 Å². The smallest absolute Gasteiger partial charge is 0.284 e. The highest BCUT2D eigenvalue weighted by atomic mass is 35.5. The van der Waals surface area contributed by atoms with Crippen LogP contribution in [0.3, 0.4) is 0 Å². The van der Waals surface area contributed by atoms with E-state index in [1.165, 1.54) is 17.3 Å². The van der Waals surface area contributed by atoms with Gasteiger partial charge in [0.2, 0.25) is 0 Å². The summed E-state index contributed by atoms with van der Waals surface area (Å²) in [7, 11) is 0. The highest BCUT2D eigenvalue weighted by Crippen LogP contribution is 2.25. The number of thioether (sulfide) groups is 1. The van der Waals surface area contributed by atoms with Crippen LogP contribution < -0.4 is 5.32 Å². The third-order valence-corrected chi connectivity index (χ3v) is 5.10. The molecule has 0 radical (unpaired) electrons. The fourth-order valence-electron chi connectivity index (χ4n) is 1.67. The van der Waals surface area contributed by atoms with Crippen molar-refractivity contribution in [1.82, 2.24) is 5.32 Å². The maximum atomic E-state index is 11.9. The molecule has 1 rings (SSSR count). The minimum absolute atomic E-state index is 0.102. The van der Waals surface area contributed by atoms with E-state index >= 15 is 0 Å². The van der Waals surface area contributed by atoms with Crippen molar-refractivity contribution in [1.29, 1.82) is 0 Å². The fraction of sp³-hybridized carbons (Fsp3) is 0.533. The van der Waals surface area contributed by atoms with Crippen molar-refractivity contribution < 1.29 is 4.79 Å². The van der Waals surface area contributed by atoms with Gasteiger partial charge >= 0.3 is 0 Å². The van der Waals surface area contributed by atoms with Crippen LogP contribution in [0.15, 0.2) is 29.2 Å². The first kappa shape index (κ1) is 17.7. The molecule has 5 heteroatoms. The summed E-state index contributed by atoms with van der Waals surface area (Å²) in [4.78, 5) is 12.9. The van der Waals surface area contributed by atoms with E-state index in [-0.39, 0.29) is 16.7 Å². The molecule has 0 bridgehead atoms. The summed E-state index contributed by atoms with van der Waals surface area (Å²) >= 11 is 12.9. The molecule has 1 amide bonds. The Morgan fingerprint density at radius 1 is 1.40 bits per heavy atom. The predicted molar refractivity (Wildman–Crippen MR) is 89.4 cm³/mol. The average molecular weight is 334 g/mol. The van der Waals surface area contributed by atoms with Crippen LogP contribution in [-0.2, 0) is 0 Å². The Kier molecular flexibility index (Phi) is 7.78. The largest absolute Gasteiger partial charge is 0.343 e. The lowest BCUT2D eigenvalue weighted by molar-refractivity contribution is 0.258. The number of halogens is 2. The van der Waals surface area contributed by atoms with Crippen molar-refractivity contribution in [2.45, 2.75) is 49.4 Å². The second-order valence-electron chi connectivity index (χ2n) is 4.87. The molecule has 0 spiro atoms. The topological polar surface area (TPSA) is 29.1 Å². The van der Waals surface area contributed by atoms with Crippen molar-refractivity contribution in [3.63, 3.8) is 0 Å². The highest BCUT2D eigenvalue weighted by Gasteiger charge is 2.16. The van der Waals surface area contributed by atoms with Gasteiger partial charge in [-0.15, -0.1) is 23.2 Å². The maximum absolute atomic E-state index is 11.9. The molecule has 0 saturated heterocycles. The van der Waals surface area contributed by atoms with Crippen LogP contribution in [0.2, 0.25) is 0 Å². The minimum atomic E-state index is -0.257. The molecule has 0 aromatic heterocycles. The second kappa shape index (κ2) is 8.81. The summed E-state index contributed by atoms with van der Waals surface area (Å²) < 4.78 is 0. The molecule has 1 N–H and O–H groups in total. The van der Waals surface area contributed by atoms with Gasteiger partial charge < -0.3 is 5.32 Å². The number of amides is 1. The molecule has 1 aromatic carbocycles. The molecular formula is C15H21Cl2NOS. The average Bonchev–Trinajstić information content (AvgIpc) is 2.45. The van der Waals surface area contributed by atoms with E-state index < -0.39 is 0 Å². The van der Waals surface area contributed by atoms with Gasteiger partial charge in [-0.25, -0.2) is 0 Å².